The first-order valence-corrected chi connectivity index (χ1v) is 10.1. The topological polar surface area (TPSA) is 93.7 Å². The summed E-state index contributed by atoms with van der Waals surface area (Å²) >= 11 is 0. The Morgan fingerprint density at radius 2 is 1.67 bits per heavy atom. The van der Waals surface area contributed by atoms with E-state index in [1.165, 1.54) is 0 Å². The Bertz CT molecular complexity index is 446. The van der Waals surface area contributed by atoms with Gasteiger partial charge in [0.2, 0.25) is 5.91 Å². The molecule has 1 atom stereocenters. The number of carbonyl (C=O) groups is 3. The summed E-state index contributed by atoms with van der Waals surface area (Å²) < 4.78 is 10.2. The average Bonchev–Trinajstić information content (AvgIpc) is 2.56. The third-order valence-electron chi connectivity index (χ3n) is 3.76. The number of rotatable bonds is 13. The molecular weight excluding hydrogens is 348 g/mol. The van der Waals surface area contributed by atoms with Gasteiger partial charge in [-0.15, -0.1) is 0 Å². The van der Waals surface area contributed by atoms with E-state index in [-0.39, 0.29) is 12.5 Å². The van der Waals surface area contributed by atoms with Crippen LogP contribution >= 0.6 is 0 Å². The van der Waals surface area contributed by atoms with E-state index in [0.717, 1.165) is 32.1 Å². The molecule has 0 heterocycles. The predicted molar refractivity (Wildman–Crippen MR) is 105 cm³/mol. The summed E-state index contributed by atoms with van der Waals surface area (Å²) in [6.45, 7) is 9.96. The molecule has 0 fully saturated rings. The highest BCUT2D eigenvalue weighted by molar-refractivity contribution is 5.81. The molecule has 0 rings (SSSR count). The van der Waals surface area contributed by atoms with Crippen LogP contribution in [0.15, 0.2) is 0 Å². The van der Waals surface area contributed by atoms with Crippen molar-refractivity contribution < 1.29 is 23.9 Å². The van der Waals surface area contributed by atoms with Crippen LogP contribution in [0.1, 0.15) is 86.0 Å². The van der Waals surface area contributed by atoms with Crippen molar-refractivity contribution in [1.29, 1.82) is 0 Å². The number of hydrogen-bond acceptors (Lipinski definition) is 5. The molecule has 0 bridgehead atoms. The van der Waals surface area contributed by atoms with Crippen LogP contribution in [0.25, 0.3) is 0 Å². The van der Waals surface area contributed by atoms with E-state index in [9.17, 15) is 14.4 Å². The SMILES string of the molecule is CCCCCCC(=O)NCCCC[C@H](NC(=O)OC(C)(C)C)C(=O)OCC. The highest BCUT2D eigenvalue weighted by atomic mass is 16.6. The lowest BCUT2D eigenvalue weighted by Gasteiger charge is -2.22. The molecule has 0 aromatic rings. The fourth-order valence-electron chi connectivity index (χ4n) is 2.44. The van der Waals surface area contributed by atoms with Crippen LogP contribution in [0.3, 0.4) is 0 Å². The van der Waals surface area contributed by atoms with Gasteiger partial charge in [-0.1, -0.05) is 26.2 Å². The second-order valence-corrected chi connectivity index (χ2v) is 7.61. The number of esters is 1. The molecule has 0 saturated carbocycles. The molecule has 158 valence electrons. The number of hydrogen-bond donors (Lipinski definition) is 2. The first kappa shape index (κ1) is 25.2. The molecule has 0 aliphatic rings. The largest absolute Gasteiger partial charge is 0.464 e. The zero-order valence-electron chi connectivity index (χ0n) is 17.7. The van der Waals surface area contributed by atoms with Gasteiger partial charge in [0.1, 0.15) is 11.6 Å². The summed E-state index contributed by atoms with van der Waals surface area (Å²) in [6.07, 6.45) is 6.08. The van der Waals surface area contributed by atoms with Gasteiger partial charge in [-0.25, -0.2) is 9.59 Å². The minimum atomic E-state index is -0.746. The molecule has 0 aliphatic heterocycles. The summed E-state index contributed by atoms with van der Waals surface area (Å²) in [5.74, 6) is -0.400. The fourth-order valence-corrected chi connectivity index (χ4v) is 2.44. The van der Waals surface area contributed by atoms with Gasteiger partial charge in [-0.2, -0.15) is 0 Å². The Labute approximate surface area is 163 Å². The van der Waals surface area contributed by atoms with Gasteiger partial charge in [-0.05, 0) is 53.4 Å². The van der Waals surface area contributed by atoms with Crippen molar-refractivity contribution in [3.8, 4) is 0 Å². The van der Waals surface area contributed by atoms with Gasteiger partial charge in [0.25, 0.3) is 0 Å². The summed E-state index contributed by atoms with van der Waals surface area (Å²) in [5.41, 5.74) is -0.634. The highest BCUT2D eigenvalue weighted by Gasteiger charge is 2.24. The van der Waals surface area contributed by atoms with Crippen LogP contribution in [0.5, 0.6) is 0 Å². The molecule has 7 heteroatoms. The van der Waals surface area contributed by atoms with Gasteiger partial charge in [0.15, 0.2) is 0 Å². The second-order valence-electron chi connectivity index (χ2n) is 7.61. The first-order valence-electron chi connectivity index (χ1n) is 10.1. The van der Waals surface area contributed by atoms with Crippen LogP contribution < -0.4 is 10.6 Å². The molecule has 7 nitrogen and oxygen atoms in total. The van der Waals surface area contributed by atoms with Crippen molar-refractivity contribution in [2.24, 2.45) is 0 Å². The Balaban J connectivity index is 4.16. The number of ether oxygens (including phenoxy) is 2. The Morgan fingerprint density at radius 1 is 0.963 bits per heavy atom. The van der Waals surface area contributed by atoms with Crippen molar-refractivity contribution in [3.05, 3.63) is 0 Å². The van der Waals surface area contributed by atoms with E-state index in [0.29, 0.717) is 25.8 Å². The maximum absolute atomic E-state index is 12.0. The molecule has 0 aliphatic carbocycles. The van der Waals surface area contributed by atoms with Gasteiger partial charge in [0, 0.05) is 13.0 Å². The van der Waals surface area contributed by atoms with E-state index < -0.39 is 23.7 Å². The molecule has 0 saturated heterocycles. The van der Waals surface area contributed by atoms with Crippen molar-refractivity contribution in [1.82, 2.24) is 10.6 Å². The van der Waals surface area contributed by atoms with Crippen molar-refractivity contribution in [2.45, 2.75) is 97.6 Å². The third-order valence-corrected chi connectivity index (χ3v) is 3.76. The fraction of sp³-hybridized carbons (Fsp3) is 0.850. The number of carbonyl (C=O) groups excluding carboxylic acids is 3. The van der Waals surface area contributed by atoms with Crippen LogP contribution in [-0.2, 0) is 19.1 Å². The zero-order valence-corrected chi connectivity index (χ0v) is 17.7. The van der Waals surface area contributed by atoms with Crippen LogP contribution in [-0.4, -0.2) is 42.8 Å². The average molecular weight is 387 g/mol. The minimum Gasteiger partial charge on any atom is -0.464 e. The van der Waals surface area contributed by atoms with Gasteiger partial charge >= 0.3 is 12.1 Å². The van der Waals surface area contributed by atoms with Crippen LogP contribution in [0.2, 0.25) is 0 Å². The minimum absolute atomic E-state index is 0.0694. The third kappa shape index (κ3) is 15.0. The van der Waals surface area contributed by atoms with Crippen molar-refractivity contribution >= 4 is 18.0 Å². The lowest BCUT2D eigenvalue weighted by molar-refractivity contribution is -0.145. The summed E-state index contributed by atoms with van der Waals surface area (Å²) in [6, 6.07) is -0.746. The molecule has 2 amide bonds. The van der Waals surface area contributed by atoms with Crippen LogP contribution in [0.4, 0.5) is 4.79 Å². The molecule has 0 aromatic carbocycles. The predicted octanol–water partition coefficient (Wildman–Crippen LogP) is 3.70. The van der Waals surface area contributed by atoms with Gasteiger partial charge in [-0.3, -0.25) is 4.79 Å². The zero-order chi connectivity index (χ0) is 20.7. The molecule has 0 unspecified atom stereocenters. The Morgan fingerprint density at radius 3 is 2.26 bits per heavy atom. The maximum Gasteiger partial charge on any atom is 0.408 e. The summed E-state index contributed by atoms with van der Waals surface area (Å²) in [4.78, 5) is 35.6. The van der Waals surface area contributed by atoms with E-state index in [4.69, 9.17) is 9.47 Å². The lowest BCUT2D eigenvalue weighted by atomic mass is 10.1. The Hall–Kier alpha value is -1.79. The molecular formula is C20H38N2O5. The molecule has 0 radical (unpaired) electrons. The van der Waals surface area contributed by atoms with Crippen LogP contribution in [0, 0.1) is 0 Å². The number of nitrogens with one attached hydrogen (secondary N) is 2. The number of alkyl carbamates (subject to hydrolysis) is 1. The number of unbranched alkanes of at least 4 members (excludes halogenated alkanes) is 4. The van der Waals surface area contributed by atoms with Gasteiger partial charge in [0.05, 0.1) is 6.61 Å². The molecule has 0 aromatic heterocycles. The molecule has 27 heavy (non-hydrogen) atoms. The normalized spacial score (nSPS) is 12.2. The summed E-state index contributed by atoms with van der Waals surface area (Å²) in [5, 5.41) is 5.47. The highest BCUT2D eigenvalue weighted by Crippen LogP contribution is 2.09. The first-order chi connectivity index (χ1) is 12.7. The van der Waals surface area contributed by atoms with Crippen molar-refractivity contribution in [2.75, 3.05) is 13.2 Å². The maximum atomic E-state index is 12.0. The van der Waals surface area contributed by atoms with Gasteiger partial charge < -0.3 is 20.1 Å². The smallest absolute Gasteiger partial charge is 0.408 e. The monoisotopic (exact) mass is 386 g/mol. The standard InChI is InChI=1S/C20H38N2O5/c1-6-8-9-10-14-17(23)21-15-12-11-13-16(18(24)26-7-2)22-19(25)27-20(3,4)5/h16H,6-15H2,1-5H3,(H,21,23)(H,22,25)/t16-/m0/s1. The van der Waals surface area contributed by atoms with E-state index in [1.54, 1.807) is 27.7 Å². The molecule has 0 spiro atoms. The molecule has 2 N–H and O–H groups in total. The summed E-state index contributed by atoms with van der Waals surface area (Å²) in [7, 11) is 0. The van der Waals surface area contributed by atoms with E-state index in [2.05, 4.69) is 17.6 Å². The Kier molecular flexibility index (Phi) is 13.3. The van der Waals surface area contributed by atoms with E-state index >= 15 is 0 Å². The van der Waals surface area contributed by atoms with E-state index in [1.807, 2.05) is 0 Å². The quantitative estimate of drug-likeness (QED) is 0.372. The second kappa shape index (κ2) is 14.3. The van der Waals surface area contributed by atoms with Crippen molar-refractivity contribution in [3.63, 3.8) is 0 Å². The lowest BCUT2D eigenvalue weighted by Crippen LogP contribution is -2.44. The number of amides is 2.